The molecule has 2 aliphatic carbocycles. The minimum atomic E-state index is -1.24. The molecule has 4 aliphatic rings. The highest BCUT2D eigenvalue weighted by atomic mass is 16.6. The van der Waals surface area contributed by atoms with E-state index in [1.165, 1.54) is 12.0 Å². The second kappa shape index (κ2) is 4.60. The minimum absolute atomic E-state index is 0.0485. The van der Waals surface area contributed by atoms with Crippen molar-refractivity contribution in [1.82, 2.24) is 5.06 Å². The zero-order valence-corrected chi connectivity index (χ0v) is 13.8. The molecule has 2 fully saturated rings. The molecule has 2 N–H and O–H groups in total. The maximum absolute atomic E-state index is 12.7. The first-order valence-corrected chi connectivity index (χ1v) is 8.60. The molecule has 1 aromatic rings. The third-order valence-corrected chi connectivity index (χ3v) is 6.47. The summed E-state index contributed by atoms with van der Waals surface area (Å²) >= 11 is 0. The van der Waals surface area contributed by atoms with E-state index >= 15 is 0 Å². The van der Waals surface area contributed by atoms with Crippen LogP contribution >= 0.6 is 0 Å². The first-order valence-electron chi connectivity index (χ1n) is 8.60. The highest BCUT2D eigenvalue weighted by molar-refractivity contribution is 5.90. The van der Waals surface area contributed by atoms with Gasteiger partial charge in [-0.2, -0.15) is 5.06 Å². The van der Waals surface area contributed by atoms with Crippen molar-refractivity contribution in [2.24, 2.45) is 0 Å². The Kier molecular flexibility index (Phi) is 2.82. The van der Waals surface area contributed by atoms with Gasteiger partial charge in [0.2, 0.25) is 0 Å². The number of Topliss-reactive ketones (excluding diaryl/α,β-unsaturated/α-hetero) is 1. The van der Waals surface area contributed by atoms with Gasteiger partial charge in [0.15, 0.2) is 23.4 Å². The van der Waals surface area contributed by atoms with Gasteiger partial charge < -0.3 is 19.8 Å². The van der Waals surface area contributed by atoms with Crippen molar-refractivity contribution < 1.29 is 29.4 Å². The number of carbonyl (C=O) groups is 2. The first kappa shape index (κ1) is 15.3. The number of hydrogen-bond acceptors (Lipinski definition) is 7. The molecule has 5 rings (SSSR count). The van der Waals surface area contributed by atoms with E-state index in [0.29, 0.717) is 31.6 Å². The van der Waals surface area contributed by atoms with E-state index in [0.717, 1.165) is 11.1 Å². The van der Waals surface area contributed by atoms with Crippen LogP contribution in [0.4, 0.5) is 0 Å². The van der Waals surface area contributed by atoms with Crippen molar-refractivity contribution in [3.63, 3.8) is 0 Å². The van der Waals surface area contributed by atoms with E-state index in [2.05, 4.69) is 0 Å². The highest BCUT2D eigenvalue weighted by Crippen LogP contribution is 2.64. The lowest BCUT2D eigenvalue weighted by atomic mass is 9.49. The second-order valence-corrected chi connectivity index (χ2v) is 7.51. The van der Waals surface area contributed by atoms with Gasteiger partial charge in [0.05, 0.1) is 17.1 Å². The molecular weight excluding hydrogens is 326 g/mol. The number of esters is 1. The predicted molar refractivity (Wildman–Crippen MR) is 83.6 cm³/mol. The lowest BCUT2D eigenvalue weighted by Gasteiger charge is -2.61. The maximum atomic E-state index is 12.7. The standard InChI is InChI=1S/C18H19NO6/c1-9(20)24-12-3-2-10-8-13-18(22)5-4-11(21)16-17(18,6-7-19(13)23)14(10)15(12)25-16/h2-3,13,16,22-23H,4-8H2,1H3/t13-,16+,17+,18-/m1/s1. The van der Waals surface area contributed by atoms with Gasteiger partial charge in [-0.3, -0.25) is 9.59 Å². The fraction of sp³-hybridized carbons (Fsp3) is 0.556. The van der Waals surface area contributed by atoms with Crippen molar-refractivity contribution in [2.45, 2.75) is 55.8 Å². The molecule has 7 heteroatoms. The predicted octanol–water partition coefficient (Wildman–Crippen LogP) is 0.724. The quantitative estimate of drug-likeness (QED) is 0.572. The number of benzene rings is 1. The lowest BCUT2D eigenvalue weighted by Crippen LogP contribution is -2.76. The average Bonchev–Trinajstić information content (AvgIpc) is 2.91. The first-order chi connectivity index (χ1) is 11.9. The molecule has 0 unspecified atom stereocenters. The molecule has 25 heavy (non-hydrogen) atoms. The number of carbonyl (C=O) groups excluding carboxylic acids is 2. The summed E-state index contributed by atoms with van der Waals surface area (Å²) in [6, 6.07) is 3.03. The van der Waals surface area contributed by atoms with Crippen LogP contribution in [0.2, 0.25) is 0 Å². The second-order valence-electron chi connectivity index (χ2n) is 7.51. The Morgan fingerprint density at radius 3 is 2.96 bits per heavy atom. The van der Waals surface area contributed by atoms with Crippen molar-refractivity contribution in [3.8, 4) is 11.5 Å². The monoisotopic (exact) mass is 345 g/mol. The molecule has 4 atom stereocenters. The van der Waals surface area contributed by atoms with E-state index in [9.17, 15) is 19.9 Å². The molecule has 1 spiro atoms. The van der Waals surface area contributed by atoms with Crippen LogP contribution in [0.25, 0.3) is 0 Å². The van der Waals surface area contributed by atoms with E-state index < -0.39 is 29.1 Å². The van der Waals surface area contributed by atoms with Crippen molar-refractivity contribution in [3.05, 3.63) is 23.3 Å². The molecule has 1 saturated carbocycles. The largest absolute Gasteiger partial charge is 0.477 e. The van der Waals surface area contributed by atoms with Crippen LogP contribution in [0.5, 0.6) is 11.5 Å². The van der Waals surface area contributed by atoms with Gasteiger partial charge in [-0.25, -0.2) is 0 Å². The number of hydrogen-bond donors (Lipinski definition) is 2. The third kappa shape index (κ3) is 1.61. The number of aliphatic hydroxyl groups is 1. The minimum Gasteiger partial charge on any atom is -0.477 e. The molecule has 0 radical (unpaired) electrons. The van der Waals surface area contributed by atoms with Gasteiger partial charge in [-0.1, -0.05) is 6.07 Å². The van der Waals surface area contributed by atoms with Gasteiger partial charge in [-0.05, 0) is 30.9 Å². The molecule has 132 valence electrons. The number of rotatable bonds is 1. The summed E-state index contributed by atoms with van der Waals surface area (Å²) in [6.07, 6.45) is 0.579. The van der Waals surface area contributed by atoms with Crippen LogP contribution in [0.1, 0.15) is 37.3 Å². The Bertz CT molecular complexity index is 822. The molecular formula is C18H19NO6. The smallest absolute Gasteiger partial charge is 0.308 e. The van der Waals surface area contributed by atoms with E-state index in [4.69, 9.17) is 9.47 Å². The zero-order chi connectivity index (χ0) is 17.6. The Labute approximate surface area is 144 Å². The van der Waals surface area contributed by atoms with Gasteiger partial charge >= 0.3 is 5.97 Å². The van der Waals surface area contributed by atoms with Gasteiger partial charge in [0.25, 0.3) is 0 Å². The fourth-order valence-corrected chi connectivity index (χ4v) is 5.53. The molecule has 2 heterocycles. The van der Waals surface area contributed by atoms with Crippen molar-refractivity contribution in [2.75, 3.05) is 6.54 Å². The Morgan fingerprint density at radius 2 is 2.20 bits per heavy atom. The maximum Gasteiger partial charge on any atom is 0.308 e. The Hall–Kier alpha value is -1.96. The number of piperidine rings is 1. The van der Waals surface area contributed by atoms with Crippen LogP contribution in [-0.2, 0) is 21.4 Å². The average molecular weight is 345 g/mol. The Balaban J connectivity index is 1.80. The van der Waals surface area contributed by atoms with Crippen LogP contribution in [0.3, 0.4) is 0 Å². The molecule has 2 aliphatic heterocycles. The SMILES string of the molecule is CC(=O)Oc1ccc2c3c1O[C@H]1C(=O)CC[C@@]4(O)[C@@H](C2)N(O)CC[C@]314. The highest BCUT2D eigenvalue weighted by Gasteiger charge is 2.73. The molecule has 1 saturated heterocycles. The molecule has 1 aromatic carbocycles. The molecule has 7 nitrogen and oxygen atoms in total. The van der Waals surface area contributed by atoms with Crippen molar-refractivity contribution in [1.29, 1.82) is 0 Å². The molecule has 2 bridgehead atoms. The number of nitrogens with zero attached hydrogens (tertiary/aromatic N) is 1. The van der Waals surface area contributed by atoms with Gasteiger partial charge in [0.1, 0.15) is 0 Å². The Morgan fingerprint density at radius 1 is 1.40 bits per heavy atom. The van der Waals surface area contributed by atoms with Gasteiger partial charge in [-0.15, -0.1) is 0 Å². The topological polar surface area (TPSA) is 96.3 Å². The summed E-state index contributed by atoms with van der Waals surface area (Å²) in [5.74, 6) is 0.173. The molecule has 0 amide bonds. The summed E-state index contributed by atoms with van der Waals surface area (Å²) in [4.78, 5) is 24.1. The summed E-state index contributed by atoms with van der Waals surface area (Å²) in [6.45, 7) is 1.67. The van der Waals surface area contributed by atoms with Crippen LogP contribution in [-0.4, -0.2) is 51.4 Å². The summed E-state index contributed by atoms with van der Waals surface area (Å²) in [5.41, 5.74) is -0.413. The van der Waals surface area contributed by atoms with Crippen LogP contribution in [0.15, 0.2) is 12.1 Å². The third-order valence-electron chi connectivity index (χ3n) is 6.47. The van der Waals surface area contributed by atoms with Crippen LogP contribution in [0, 0.1) is 0 Å². The fourth-order valence-electron chi connectivity index (χ4n) is 5.53. The number of ketones is 1. The summed E-state index contributed by atoms with van der Waals surface area (Å²) < 4.78 is 11.3. The number of ether oxygens (including phenoxy) is 2. The normalized spacial score (nSPS) is 38.1. The van der Waals surface area contributed by atoms with E-state index in [-0.39, 0.29) is 18.0 Å². The lowest BCUT2D eigenvalue weighted by molar-refractivity contribution is -0.257. The van der Waals surface area contributed by atoms with Crippen LogP contribution < -0.4 is 9.47 Å². The zero-order valence-electron chi connectivity index (χ0n) is 13.8. The summed E-state index contributed by atoms with van der Waals surface area (Å²) in [5, 5.41) is 23.2. The number of hydroxylamine groups is 2. The summed E-state index contributed by atoms with van der Waals surface area (Å²) in [7, 11) is 0. The van der Waals surface area contributed by atoms with Gasteiger partial charge in [0, 0.05) is 25.5 Å². The van der Waals surface area contributed by atoms with Crippen molar-refractivity contribution >= 4 is 11.8 Å². The molecule has 0 aromatic heterocycles. The van der Waals surface area contributed by atoms with E-state index in [1.54, 1.807) is 6.07 Å². The van der Waals surface area contributed by atoms with E-state index in [1.807, 2.05) is 6.07 Å².